The average molecular weight is 315 g/mol. The predicted octanol–water partition coefficient (Wildman–Crippen LogP) is 5.20. The highest BCUT2D eigenvalue weighted by atomic mass is 35.5. The van der Waals surface area contributed by atoms with Gasteiger partial charge in [-0.2, -0.15) is 0 Å². The van der Waals surface area contributed by atoms with E-state index in [1.165, 1.54) is 28.8 Å². The summed E-state index contributed by atoms with van der Waals surface area (Å²) in [6, 6.07) is 8.25. The van der Waals surface area contributed by atoms with Crippen molar-refractivity contribution in [3.63, 3.8) is 0 Å². The molecule has 0 N–H and O–H groups in total. The Morgan fingerprint density at radius 1 is 1.14 bits per heavy atom. The lowest BCUT2D eigenvalue weighted by Gasteiger charge is -2.10. The van der Waals surface area contributed by atoms with Crippen molar-refractivity contribution in [3.8, 4) is 11.4 Å². The molecule has 0 fully saturated rings. The van der Waals surface area contributed by atoms with Gasteiger partial charge in [-0.1, -0.05) is 35.4 Å². The molecule has 106 valence electrons. The molecule has 0 aliphatic heterocycles. The standard InChI is InChI=1S/C17H15ClN2S/c1-10-5-4-6-11(9-10)16-19-15(18)14-12-7-2-3-8-13(12)21-17(14)20-16/h4-6,9H,2-3,7-8H2,1H3. The number of halogens is 1. The van der Waals surface area contributed by atoms with Crippen LogP contribution in [-0.4, -0.2) is 9.97 Å². The number of rotatable bonds is 1. The van der Waals surface area contributed by atoms with Gasteiger partial charge in [0.15, 0.2) is 5.82 Å². The zero-order valence-corrected chi connectivity index (χ0v) is 13.4. The second kappa shape index (κ2) is 5.08. The summed E-state index contributed by atoms with van der Waals surface area (Å²) >= 11 is 8.28. The van der Waals surface area contributed by atoms with Gasteiger partial charge in [-0.3, -0.25) is 0 Å². The molecule has 0 atom stereocenters. The van der Waals surface area contributed by atoms with Crippen molar-refractivity contribution in [2.75, 3.05) is 0 Å². The van der Waals surface area contributed by atoms with E-state index in [9.17, 15) is 0 Å². The number of benzene rings is 1. The van der Waals surface area contributed by atoms with E-state index in [0.717, 1.165) is 34.4 Å². The number of aryl methyl sites for hydroxylation is 3. The summed E-state index contributed by atoms with van der Waals surface area (Å²) in [5, 5.41) is 1.70. The Bertz CT molecular complexity index is 838. The fourth-order valence-electron chi connectivity index (χ4n) is 3.03. The van der Waals surface area contributed by atoms with Crippen LogP contribution in [0.15, 0.2) is 24.3 Å². The van der Waals surface area contributed by atoms with Crippen LogP contribution in [0.2, 0.25) is 5.15 Å². The first kappa shape index (κ1) is 13.2. The maximum atomic E-state index is 6.49. The third kappa shape index (κ3) is 2.25. The lowest BCUT2D eigenvalue weighted by atomic mass is 9.97. The minimum Gasteiger partial charge on any atom is -0.217 e. The third-order valence-electron chi connectivity index (χ3n) is 4.05. The van der Waals surface area contributed by atoms with Crippen LogP contribution in [0.4, 0.5) is 0 Å². The SMILES string of the molecule is Cc1cccc(-c2nc(Cl)c3c4c(sc3n2)CCCC4)c1. The van der Waals surface area contributed by atoms with E-state index in [-0.39, 0.29) is 0 Å². The van der Waals surface area contributed by atoms with Gasteiger partial charge in [-0.15, -0.1) is 11.3 Å². The van der Waals surface area contributed by atoms with Crippen LogP contribution in [0.1, 0.15) is 28.8 Å². The van der Waals surface area contributed by atoms with Crippen LogP contribution in [0.3, 0.4) is 0 Å². The van der Waals surface area contributed by atoms with E-state index >= 15 is 0 Å². The van der Waals surface area contributed by atoms with Crippen molar-refractivity contribution in [1.29, 1.82) is 0 Å². The highest BCUT2D eigenvalue weighted by Gasteiger charge is 2.20. The molecule has 0 bridgehead atoms. The Hall–Kier alpha value is -1.45. The molecule has 0 amide bonds. The summed E-state index contributed by atoms with van der Waals surface area (Å²) in [6.07, 6.45) is 4.79. The summed E-state index contributed by atoms with van der Waals surface area (Å²) < 4.78 is 0. The highest BCUT2D eigenvalue weighted by molar-refractivity contribution is 7.19. The van der Waals surface area contributed by atoms with Gasteiger partial charge in [-0.05, 0) is 44.2 Å². The van der Waals surface area contributed by atoms with Gasteiger partial charge in [0.25, 0.3) is 0 Å². The van der Waals surface area contributed by atoms with Gasteiger partial charge in [-0.25, -0.2) is 9.97 Å². The number of nitrogens with zero attached hydrogens (tertiary/aromatic N) is 2. The smallest absolute Gasteiger partial charge is 0.162 e. The van der Waals surface area contributed by atoms with Gasteiger partial charge in [0.1, 0.15) is 9.98 Å². The number of hydrogen-bond donors (Lipinski definition) is 0. The second-order valence-corrected chi connectivity index (χ2v) is 7.04. The predicted molar refractivity (Wildman–Crippen MR) is 89.2 cm³/mol. The molecule has 0 unspecified atom stereocenters. The Labute approximate surface area is 132 Å². The van der Waals surface area contributed by atoms with Crippen molar-refractivity contribution in [1.82, 2.24) is 9.97 Å². The normalized spacial score (nSPS) is 14.4. The minimum atomic E-state index is 0.607. The topological polar surface area (TPSA) is 25.8 Å². The van der Waals surface area contributed by atoms with Crippen LogP contribution < -0.4 is 0 Å². The molecule has 0 saturated heterocycles. The fraction of sp³-hybridized carbons (Fsp3) is 0.294. The van der Waals surface area contributed by atoms with Crippen LogP contribution in [0.25, 0.3) is 21.6 Å². The van der Waals surface area contributed by atoms with Gasteiger partial charge in [0.05, 0.1) is 5.39 Å². The van der Waals surface area contributed by atoms with Crippen LogP contribution in [-0.2, 0) is 12.8 Å². The molecule has 1 aliphatic carbocycles. The first-order valence-electron chi connectivity index (χ1n) is 7.27. The number of thiophene rings is 1. The third-order valence-corrected chi connectivity index (χ3v) is 5.51. The first-order valence-corrected chi connectivity index (χ1v) is 8.46. The van der Waals surface area contributed by atoms with Crippen molar-refractivity contribution in [2.24, 2.45) is 0 Å². The highest BCUT2D eigenvalue weighted by Crippen LogP contribution is 2.39. The van der Waals surface area contributed by atoms with Gasteiger partial charge in [0.2, 0.25) is 0 Å². The van der Waals surface area contributed by atoms with Gasteiger partial charge < -0.3 is 0 Å². The average Bonchev–Trinajstić information content (AvgIpc) is 2.86. The molecule has 21 heavy (non-hydrogen) atoms. The second-order valence-electron chi connectivity index (χ2n) is 5.60. The first-order chi connectivity index (χ1) is 10.2. The molecule has 2 nitrogen and oxygen atoms in total. The summed E-state index contributed by atoms with van der Waals surface area (Å²) in [4.78, 5) is 11.8. The molecule has 2 aromatic heterocycles. The lowest BCUT2D eigenvalue weighted by Crippen LogP contribution is -1.98. The Balaban J connectivity index is 1.93. The van der Waals surface area contributed by atoms with Crippen LogP contribution >= 0.6 is 22.9 Å². The van der Waals surface area contributed by atoms with E-state index in [0.29, 0.717) is 5.15 Å². The van der Waals surface area contributed by atoms with Gasteiger partial charge in [0, 0.05) is 10.4 Å². The summed E-state index contributed by atoms with van der Waals surface area (Å²) in [5.41, 5.74) is 3.63. The van der Waals surface area contributed by atoms with Crippen molar-refractivity contribution in [2.45, 2.75) is 32.6 Å². The Morgan fingerprint density at radius 2 is 2.00 bits per heavy atom. The maximum absolute atomic E-state index is 6.49. The molecule has 4 rings (SSSR count). The molecule has 2 heterocycles. The molecule has 3 aromatic rings. The minimum absolute atomic E-state index is 0.607. The molecule has 4 heteroatoms. The molecule has 0 radical (unpaired) electrons. The maximum Gasteiger partial charge on any atom is 0.162 e. The number of fused-ring (bicyclic) bond motifs is 3. The molecule has 0 saturated carbocycles. The Morgan fingerprint density at radius 3 is 2.86 bits per heavy atom. The fourth-order valence-corrected chi connectivity index (χ4v) is 4.63. The van der Waals surface area contributed by atoms with Crippen molar-refractivity contribution < 1.29 is 0 Å². The van der Waals surface area contributed by atoms with E-state index in [4.69, 9.17) is 16.6 Å². The molecular formula is C17H15ClN2S. The van der Waals surface area contributed by atoms with Crippen LogP contribution in [0.5, 0.6) is 0 Å². The lowest BCUT2D eigenvalue weighted by molar-refractivity contribution is 0.700. The summed E-state index contributed by atoms with van der Waals surface area (Å²) in [5.74, 6) is 0.731. The van der Waals surface area contributed by atoms with Crippen LogP contribution in [0, 0.1) is 6.92 Å². The van der Waals surface area contributed by atoms with E-state index < -0.39 is 0 Å². The quantitative estimate of drug-likeness (QED) is 0.577. The molecule has 0 spiro atoms. The molecule has 1 aliphatic rings. The van der Waals surface area contributed by atoms with Gasteiger partial charge >= 0.3 is 0 Å². The zero-order chi connectivity index (χ0) is 14.4. The van der Waals surface area contributed by atoms with E-state index in [1.54, 1.807) is 11.3 Å². The summed E-state index contributed by atoms with van der Waals surface area (Å²) in [7, 11) is 0. The summed E-state index contributed by atoms with van der Waals surface area (Å²) in [6.45, 7) is 2.08. The van der Waals surface area contributed by atoms with E-state index in [1.807, 2.05) is 12.1 Å². The van der Waals surface area contributed by atoms with Crippen molar-refractivity contribution in [3.05, 3.63) is 45.4 Å². The molecular weight excluding hydrogens is 300 g/mol. The monoisotopic (exact) mass is 314 g/mol. The Kier molecular flexibility index (Phi) is 3.20. The number of hydrogen-bond acceptors (Lipinski definition) is 3. The largest absolute Gasteiger partial charge is 0.217 e. The van der Waals surface area contributed by atoms with E-state index in [2.05, 4.69) is 24.0 Å². The zero-order valence-electron chi connectivity index (χ0n) is 11.8. The molecule has 1 aromatic carbocycles. The number of aromatic nitrogens is 2. The van der Waals surface area contributed by atoms with Crippen molar-refractivity contribution >= 4 is 33.2 Å².